The number of fused-ring (bicyclic) bond motifs is 1. The molecule has 1 aromatic heterocycles. The molecule has 7 heteroatoms. The number of nitrogens with zero attached hydrogens (tertiary/aromatic N) is 1. The van der Waals surface area contributed by atoms with Crippen LogP contribution < -0.4 is 11.0 Å². The summed E-state index contributed by atoms with van der Waals surface area (Å²) in [5.74, 6) is -0.173. The predicted molar refractivity (Wildman–Crippen MR) is 106 cm³/mol. The molecule has 0 radical (unpaired) electrons. The van der Waals surface area contributed by atoms with Gasteiger partial charge in [0.15, 0.2) is 0 Å². The highest BCUT2D eigenvalue weighted by Crippen LogP contribution is 2.22. The maximum atomic E-state index is 12.9. The first-order valence-electron chi connectivity index (χ1n) is 9.44. The second-order valence-corrected chi connectivity index (χ2v) is 7.08. The average molecular weight is 378 g/mol. The molecule has 1 aliphatic rings. The van der Waals surface area contributed by atoms with Crippen molar-refractivity contribution in [3.8, 4) is 0 Å². The van der Waals surface area contributed by atoms with Crippen LogP contribution in [0.4, 0.5) is 0 Å². The molecule has 4 rings (SSSR count). The van der Waals surface area contributed by atoms with Gasteiger partial charge in [-0.05, 0) is 30.5 Å². The average Bonchev–Trinajstić information content (AvgIpc) is 3.12. The molecular weight excluding hydrogens is 356 g/mol. The van der Waals surface area contributed by atoms with Crippen molar-refractivity contribution in [1.82, 2.24) is 20.2 Å². The smallest absolute Gasteiger partial charge is 0.323 e. The minimum Gasteiger partial charge on any atom is -0.352 e. The van der Waals surface area contributed by atoms with Crippen molar-refractivity contribution in [1.29, 1.82) is 0 Å². The quantitative estimate of drug-likeness (QED) is 0.648. The lowest BCUT2D eigenvalue weighted by atomic mass is 9.95. The second-order valence-electron chi connectivity index (χ2n) is 7.08. The minimum atomic E-state index is -0.330. The Bertz CT molecular complexity index is 1050. The molecule has 0 atom stereocenters. The first-order chi connectivity index (χ1) is 13.6. The van der Waals surface area contributed by atoms with Gasteiger partial charge in [0.1, 0.15) is 0 Å². The fourth-order valence-corrected chi connectivity index (χ4v) is 3.68. The van der Waals surface area contributed by atoms with Crippen molar-refractivity contribution >= 4 is 22.8 Å². The molecule has 28 heavy (non-hydrogen) atoms. The molecule has 7 nitrogen and oxygen atoms in total. The third-order valence-corrected chi connectivity index (χ3v) is 5.24. The van der Waals surface area contributed by atoms with Gasteiger partial charge in [0, 0.05) is 25.6 Å². The van der Waals surface area contributed by atoms with Crippen LogP contribution in [0.15, 0.2) is 53.3 Å². The molecule has 1 saturated heterocycles. The Balaban J connectivity index is 1.36. The van der Waals surface area contributed by atoms with Crippen molar-refractivity contribution in [2.45, 2.75) is 19.4 Å². The van der Waals surface area contributed by atoms with Crippen LogP contribution in [0.5, 0.6) is 0 Å². The summed E-state index contributed by atoms with van der Waals surface area (Å²) < 4.78 is 0. The van der Waals surface area contributed by atoms with E-state index in [1.54, 1.807) is 23.1 Å². The van der Waals surface area contributed by atoms with Crippen LogP contribution in [0, 0.1) is 5.92 Å². The lowest BCUT2D eigenvalue weighted by Crippen LogP contribution is -2.43. The first kappa shape index (κ1) is 18.0. The number of imidazole rings is 1. The van der Waals surface area contributed by atoms with Crippen LogP contribution in [0.2, 0.25) is 0 Å². The van der Waals surface area contributed by atoms with Crippen LogP contribution in [0.25, 0.3) is 11.0 Å². The van der Waals surface area contributed by atoms with Crippen molar-refractivity contribution in [3.05, 3.63) is 70.1 Å². The molecule has 144 valence electrons. The molecule has 2 amide bonds. The molecular formula is C21H22N4O3. The van der Waals surface area contributed by atoms with E-state index in [4.69, 9.17) is 0 Å². The summed E-state index contributed by atoms with van der Waals surface area (Å²) in [7, 11) is 0. The fraction of sp³-hybridized carbons (Fsp3) is 0.286. The molecule has 0 aliphatic carbocycles. The molecule has 0 unspecified atom stereocenters. The van der Waals surface area contributed by atoms with E-state index in [1.165, 1.54) is 0 Å². The Hall–Kier alpha value is -3.35. The van der Waals surface area contributed by atoms with E-state index < -0.39 is 0 Å². The molecule has 0 spiro atoms. The highest BCUT2D eigenvalue weighted by Gasteiger charge is 2.28. The van der Waals surface area contributed by atoms with Gasteiger partial charge in [-0.15, -0.1) is 0 Å². The monoisotopic (exact) mass is 378 g/mol. The maximum absolute atomic E-state index is 12.9. The second kappa shape index (κ2) is 7.72. The summed E-state index contributed by atoms with van der Waals surface area (Å²) in [6.45, 7) is 1.56. The highest BCUT2D eigenvalue weighted by molar-refractivity contribution is 6.04. The van der Waals surface area contributed by atoms with Gasteiger partial charge in [-0.2, -0.15) is 0 Å². The van der Waals surface area contributed by atoms with Crippen LogP contribution in [0.1, 0.15) is 28.8 Å². The SMILES string of the molecule is O=C(NCc1ccccc1)C1CCN(C(=O)c2cccc3[nH]c(=O)[nH]c23)CC1. The van der Waals surface area contributed by atoms with E-state index in [-0.39, 0.29) is 23.4 Å². The number of benzene rings is 2. The Morgan fingerprint density at radius 3 is 2.50 bits per heavy atom. The number of carbonyl (C=O) groups is 2. The summed E-state index contributed by atoms with van der Waals surface area (Å²) in [5.41, 5.74) is 2.36. The molecule has 0 bridgehead atoms. The van der Waals surface area contributed by atoms with Gasteiger partial charge >= 0.3 is 5.69 Å². The Kier molecular flexibility index (Phi) is 4.97. The van der Waals surface area contributed by atoms with Crippen molar-refractivity contribution in [2.24, 2.45) is 5.92 Å². The van der Waals surface area contributed by atoms with Crippen molar-refractivity contribution < 1.29 is 9.59 Å². The number of para-hydroxylation sites is 1. The minimum absolute atomic E-state index is 0.0352. The first-order valence-corrected chi connectivity index (χ1v) is 9.44. The van der Waals surface area contributed by atoms with Gasteiger partial charge in [0.2, 0.25) is 5.91 Å². The van der Waals surface area contributed by atoms with Crippen LogP contribution in [0.3, 0.4) is 0 Å². The fourth-order valence-electron chi connectivity index (χ4n) is 3.68. The zero-order chi connectivity index (χ0) is 19.5. The number of piperidine rings is 1. The Labute approximate surface area is 161 Å². The largest absolute Gasteiger partial charge is 0.352 e. The van der Waals surface area contributed by atoms with E-state index >= 15 is 0 Å². The number of hydrogen-bond donors (Lipinski definition) is 3. The van der Waals surface area contributed by atoms with Crippen molar-refractivity contribution in [2.75, 3.05) is 13.1 Å². The van der Waals surface area contributed by atoms with Crippen LogP contribution >= 0.6 is 0 Å². The Morgan fingerprint density at radius 2 is 1.75 bits per heavy atom. The summed E-state index contributed by atoms with van der Waals surface area (Å²) >= 11 is 0. The topological polar surface area (TPSA) is 98.1 Å². The lowest BCUT2D eigenvalue weighted by Gasteiger charge is -2.31. The van der Waals surface area contributed by atoms with Crippen LogP contribution in [-0.4, -0.2) is 39.8 Å². The van der Waals surface area contributed by atoms with E-state index in [0.717, 1.165) is 5.56 Å². The number of H-pyrrole nitrogens is 2. The van der Waals surface area contributed by atoms with E-state index in [9.17, 15) is 14.4 Å². The van der Waals surface area contributed by atoms with Crippen molar-refractivity contribution in [3.63, 3.8) is 0 Å². The predicted octanol–water partition coefficient (Wildman–Crippen LogP) is 2.02. The van der Waals surface area contributed by atoms with Gasteiger partial charge < -0.3 is 20.2 Å². The Morgan fingerprint density at radius 1 is 1.00 bits per heavy atom. The normalized spacial score (nSPS) is 14.9. The van der Waals surface area contributed by atoms with Gasteiger partial charge in [-0.1, -0.05) is 36.4 Å². The number of aromatic nitrogens is 2. The molecule has 0 saturated carbocycles. The number of aromatic amines is 2. The van der Waals surface area contributed by atoms with E-state index in [2.05, 4.69) is 15.3 Å². The zero-order valence-corrected chi connectivity index (χ0v) is 15.4. The number of hydrogen-bond acceptors (Lipinski definition) is 3. The molecule has 2 heterocycles. The molecule has 2 aromatic carbocycles. The standard InChI is InChI=1S/C21H22N4O3/c26-19(22-13-14-5-2-1-3-6-14)15-9-11-25(12-10-15)20(27)16-7-4-8-17-18(16)24-21(28)23-17/h1-8,15H,9-13H2,(H,22,26)(H2,23,24,28). The number of amides is 2. The molecule has 1 fully saturated rings. The summed E-state index contributed by atoms with van der Waals surface area (Å²) in [4.78, 5) is 44.0. The van der Waals surface area contributed by atoms with Gasteiger partial charge in [0.05, 0.1) is 16.6 Å². The highest BCUT2D eigenvalue weighted by atomic mass is 16.2. The number of rotatable bonds is 4. The molecule has 1 aliphatic heterocycles. The molecule has 3 N–H and O–H groups in total. The third-order valence-electron chi connectivity index (χ3n) is 5.24. The van der Waals surface area contributed by atoms with Crippen LogP contribution in [-0.2, 0) is 11.3 Å². The zero-order valence-electron chi connectivity index (χ0n) is 15.4. The lowest BCUT2D eigenvalue weighted by molar-refractivity contribution is -0.126. The summed E-state index contributed by atoms with van der Waals surface area (Å²) in [5, 5.41) is 2.99. The van der Waals surface area contributed by atoms with Gasteiger partial charge in [-0.3, -0.25) is 9.59 Å². The number of likely N-dealkylation sites (tertiary alicyclic amines) is 1. The van der Waals surface area contributed by atoms with Gasteiger partial charge in [-0.25, -0.2) is 4.79 Å². The van der Waals surface area contributed by atoms with E-state index in [0.29, 0.717) is 49.1 Å². The maximum Gasteiger partial charge on any atom is 0.323 e. The summed E-state index contributed by atoms with van der Waals surface area (Å²) in [6.07, 6.45) is 1.26. The van der Waals surface area contributed by atoms with Gasteiger partial charge in [0.25, 0.3) is 5.91 Å². The molecule has 3 aromatic rings. The summed E-state index contributed by atoms with van der Waals surface area (Å²) in [6, 6.07) is 15.0. The number of nitrogens with one attached hydrogen (secondary N) is 3. The third kappa shape index (κ3) is 3.69. The number of carbonyl (C=O) groups excluding carboxylic acids is 2. The van der Waals surface area contributed by atoms with E-state index in [1.807, 2.05) is 30.3 Å².